The van der Waals surface area contributed by atoms with Crippen molar-refractivity contribution in [2.75, 3.05) is 0 Å². The highest BCUT2D eigenvalue weighted by Crippen LogP contribution is 2.07. The zero-order valence-corrected chi connectivity index (χ0v) is 8.54. The van der Waals surface area contributed by atoms with Crippen LogP contribution in [0.4, 0.5) is 0 Å². The zero-order chi connectivity index (χ0) is 9.56. The van der Waals surface area contributed by atoms with Gasteiger partial charge in [-0.05, 0) is 26.2 Å². The first kappa shape index (κ1) is 11.4. The monoisotopic (exact) mass is 168 g/mol. The summed E-state index contributed by atoms with van der Waals surface area (Å²) in [4.78, 5) is 0. The lowest BCUT2D eigenvalue weighted by molar-refractivity contribution is 0.198. The molecule has 0 aromatic heterocycles. The first-order valence-corrected chi connectivity index (χ1v) is 4.55. The Balaban J connectivity index is 3.79. The van der Waals surface area contributed by atoms with Gasteiger partial charge in [0.25, 0.3) is 0 Å². The standard InChI is InChI=1S/C11H20O/c1-9(2)10(3)7-5-6-8-11(4)12/h5-7,9,11-12H,8H2,1-4H3/b6-5-,10-7+. The third-order valence-electron chi connectivity index (χ3n) is 1.88. The maximum atomic E-state index is 8.95. The molecule has 0 saturated carbocycles. The van der Waals surface area contributed by atoms with Gasteiger partial charge in [0.2, 0.25) is 0 Å². The van der Waals surface area contributed by atoms with Crippen LogP contribution in [-0.4, -0.2) is 11.2 Å². The minimum Gasteiger partial charge on any atom is -0.393 e. The Morgan fingerprint density at radius 1 is 1.33 bits per heavy atom. The van der Waals surface area contributed by atoms with Crippen LogP contribution in [0.5, 0.6) is 0 Å². The Morgan fingerprint density at radius 2 is 1.92 bits per heavy atom. The molecule has 0 aliphatic heterocycles. The molecule has 12 heavy (non-hydrogen) atoms. The molecular formula is C11H20O. The normalized spacial score (nSPS) is 16.0. The Hall–Kier alpha value is -0.560. The number of allylic oxidation sites excluding steroid dienone is 3. The van der Waals surface area contributed by atoms with Gasteiger partial charge in [-0.2, -0.15) is 0 Å². The van der Waals surface area contributed by atoms with E-state index in [2.05, 4.69) is 26.8 Å². The van der Waals surface area contributed by atoms with Crippen molar-refractivity contribution in [2.24, 2.45) is 5.92 Å². The predicted molar refractivity (Wildman–Crippen MR) is 54.0 cm³/mol. The average Bonchev–Trinajstić information content (AvgIpc) is 1.97. The molecule has 1 nitrogen and oxygen atoms in total. The zero-order valence-electron chi connectivity index (χ0n) is 8.54. The number of hydrogen-bond acceptors (Lipinski definition) is 1. The number of hydrogen-bond donors (Lipinski definition) is 1. The number of aliphatic hydroxyl groups excluding tert-OH is 1. The van der Waals surface area contributed by atoms with Crippen molar-refractivity contribution in [2.45, 2.75) is 40.2 Å². The molecule has 0 aliphatic rings. The van der Waals surface area contributed by atoms with Crippen molar-refractivity contribution in [3.05, 3.63) is 23.8 Å². The van der Waals surface area contributed by atoms with Crippen molar-refractivity contribution in [1.29, 1.82) is 0 Å². The summed E-state index contributed by atoms with van der Waals surface area (Å²) in [7, 11) is 0. The van der Waals surface area contributed by atoms with Crippen molar-refractivity contribution >= 4 is 0 Å². The molecule has 0 aromatic rings. The van der Waals surface area contributed by atoms with Gasteiger partial charge in [-0.1, -0.05) is 37.6 Å². The molecule has 0 saturated heterocycles. The van der Waals surface area contributed by atoms with Gasteiger partial charge in [-0.25, -0.2) is 0 Å². The Bertz CT molecular complexity index is 164. The quantitative estimate of drug-likeness (QED) is 0.640. The van der Waals surface area contributed by atoms with Gasteiger partial charge in [-0.3, -0.25) is 0 Å². The minimum absolute atomic E-state index is 0.228. The van der Waals surface area contributed by atoms with Crippen molar-refractivity contribution in [1.82, 2.24) is 0 Å². The van der Waals surface area contributed by atoms with Crippen LogP contribution >= 0.6 is 0 Å². The lowest BCUT2D eigenvalue weighted by atomic mass is 10.1. The first-order valence-electron chi connectivity index (χ1n) is 4.55. The van der Waals surface area contributed by atoms with E-state index < -0.39 is 0 Å². The SMILES string of the molecule is C/C(=C\C=C/CC(C)O)C(C)C. The molecule has 0 aromatic carbocycles. The fraction of sp³-hybridized carbons (Fsp3) is 0.636. The highest BCUT2D eigenvalue weighted by molar-refractivity contribution is 5.11. The molecule has 0 aliphatic carbocycles. The summed E-state index contributed by atoms with van der Waals surface area (Å²) in [6.07, 6.45) is 6.63. The number of aliphatic hydroxyl groups is 1. The largest absolute Gasteiger partial charge is 0.393 e. The van der Waals surface area contributed by atoms with E-state index in [0.717, 1.165) is 6.42 Å². The molecule has 1 atom stereocenters. The predicted octanol–water partition coefficient (Wildman–Crippen LogP) is 2.92. The third-order valence-corrected chi connectivity index (χ3v) is 1.88. The van der Waals surface area contributed by atoms with E-state index >= 15 is 0 Å². The van der Waals surface area contributed by atoms with Crippen LogP contribution in [0.25, 0.3) is 0 Å². The second-order valence-electron chi connectivity index (χ2n) is 3.58. The summed E-state index contributed by atoms with van der Waals surface area (Å²) < 4.78 is 0. The molecule has 0 radical (unpaired) electrons. The van der Waals surface area contributed by atoms with E-state index in [1.54, 1.807) is 6.92 Å². The lowest BCUT2D eigenvalue weighted by Gasteiger charge is -2.02. The summed E-state index contributed by atoms with van der Waals surface area (Å²) in [5, 5.41) is 8.95. The van der Waals surface area contributed by atoms with Gasteiger partial charge in [0.05, 0.1) is 6.10 Å². The topological polar surface area (TPSA) is 20.2 Å². The van der Waals surface area contributed by atoms with Gasteiger partial charge < -0.3 is 5.11 Å². The molecule has 1 N–H and O–H groups in total. The third kappa shape index (κ3) is 6.17. The van der Waals surface area contributed by atoms with E-state index in [9.17, 15) is 0 Å². The highest BCUT2D eigenvalue weighted by atomic mass is 16.3. The van der Waals surface area contributed by atoms with Crippen molar-refractivity contribution in [3.8, 4) is 0 Å². The molecular weight excluding hydrogens is 148 g/mol. The van der Waals surface area contributed by atoms with Crippen LogP contribution in [0.1, 0.15) is 34.1 Å². The highest BCUT2D eigenvalue weighted by Gasteiger charge is 1.92. The summed E-state index contributed by atoms with van der Waals surface area (Å²) in [5.74, 6) is 0.612. The van der Waals surface area contributed by atoms with Gasteiger partial charge in [0, 0.05) is 0 Å². The van der Waals surface area contributed by atoms with Crippen LogP contribution < -0.4 is 0 Å². The van der Waals surface area contributed by atoms with Gasteiger partial charge in [0.1, 0.15) is 0 Å². The van der Waals surface area contributed by atoms with E-state index in [4.69, 9.17) is 5.11 Å². The smallest absolute Gasteiger partial charge is 0.0546 e. The molecule has 0 fully saturated rings. The molecule has 70 valence electrons. The fourth-order valence-corrected chi connectivity index (χ4v) is 0.688. The van der Waals surface area contributed by atoms with Crippen molar-refractivity contribution < 1.29 is 5.11 Å². The maximum Gasteiger partial charge on any atom is 0.0546 e. The van der Waals surface area contributed by atoms with Crippen LogP contribution in [0.15, 0.2) is 23.8 Å². The molecule has 1 heteroatoms. The van der Waals surface area contributed by atoms with Crippen LogP contribution in [0, 0.1) is 5.92 Å². The lowest BCUT2D eigenvalue weighted by Crippen LogP contribution is -1.95. The van der Waals surface area contributed by atoms with Gasteiger partial charge >= 0.3 is 0 Å². The Labute approximate surface area is 75.8 Å². The number of rotatable bonds is 4. The maximum absolute atomic E-state index is 8.95. The molecule has 1 unspecified atom stereocenters. The minimum atomic E-state index is -0.228. The first-order chi connectivity index (χ1) is 5.54. The molecule has 0 bridgehead atoms. The summed E-state index contributed by atoms with van der Waals surface area (Å²) in [5.41, 5.74) is 1.37. The van der Waals surface area contributed by atoms with Crippen LogP contribution in [0.2, 0.25) is 0 Å². The molecule has 0 rings (SSSR count). The van der Waals surface area contributed by atoms with Gasteiger partial charge in [-0.15, -0.1) is 0 Å². The van der Waals surface area contributed by atoms with E-state index in [1.807, 2.05) is 12.2 Å². The fourth-order valence-electron chi connectivity index (χ4n) is 0.688. The second kappa shape index (κ2) is 6.01. The Kier molecular flexibility index (Phi) is 5.73. The summed E-state index contributed by atoms with van der Waals surface area (Å²) in [6.45, 7) is 8.27. The molecule has 0 spiro atoms. The van der Waals surface area contributed by atoms with Gasteiger partial charge in [0.15, 0.2) is 0 Å². The second-order valence-corrected chi connectivity index (χ2v) is 3.58. The average molecular weight is 168 g/mol. The van der Waals surface area contributed by atoms with Crippen LogP contribution in [0.3, 0.4) is 0 Å². The Morgan fingerprint density at radius 3 is 2.33 bits per heavy atom. The summed E-state index contributed by atoms with van der Waals surface area (Å²) >= 11 is 0. The van der Waals surface area contributed by atoms with E-state index in [1.165, 1.54) is 5.57 Å². The van der Waals surface area contributed by atoms with E-state index in [-0.39, 0.29) is 6.10 Å². The molecule has 0 heterocycles. The van der Waals surface area contributed by atoms with Crippen molar-refractivity contribution in [3.63, 3.8) is 0 Å². The van der Waals surface area contributed by atoms with E-state index in [0.29, 0.717) is 5.92 Å². The van der Waals surface area contributed by atoms with Crippen LogP contribution in [-0.2, 0) is 0 Å². The summed E-state index contributed by atoms with van der Waals surface area (Å²) in [6, 6.07) is 0. The molecule has 0 amide bonds.